The van der Waals surface area contributed by atoms with E-state index in [1.54, 1.807) is 39.8 Å². The highest BCUT2D eigenvalue weighted by atomic mass is 16.6. The second-order valence-electron chi connectivity index (χ2n) is 24.3. The van der Waals surface area contributed by atoms with Crippen molar-refractivity contribution in [3.8, 4) is 5.75 Å². The molecule has 0 saturated carbocycles. The number of nitrogens with two attached hydrogens (primary N) is 4. The predicted octanol–water partition coefficient (Wildman–Crippen LogP) is -0.552. The minimum atomic E-state index is -1.71. The lowest BCUT2D eigenvalue weighted by atomic mass is 10.0. The van der Waals surface area contributed by atoms with E-state index in [1.165, 1.54) is 42.9 Å². The Bertz CT molecular complexity index is 3390. The molecule has 2 aromatic carbocycles. The number of anilines is 1. The number of guanidine groups is 1. The van der Waals surface area contributed by atoms with Crippen LogP contribution in [0.25, 0.3) is 11.0 Å². The van der Waals surface area contributed by atoms with Crippen LogP contribution in [0.5, 0.6) is 5.75 Å². The minimum absolute atomic E-state index is 0.00775. The first-order valence-electron chi connectivity index (χ1n) is 31.5. The molecule has 0 spiro atoms. The average molecular weight is 1330 g/mol. The Labute approximate surface area is 547 Å². The Morgan fingerprint density at radius 1 is 0.653 bits per heavy atom. The summed E-state index contributed by atoms with van der Waals surface area (Å²) >= 11 is 0. The van der Waals surface area contributed by atoms with Gasteiger partial charge >= 0.3 is 5.63 Å². The number of hydrogen-bond donors (Lipinski definition) is 12. The fourth-order valence-corrected chi connectivity index (χ4v) is 11.1. The number of ether oxygens (including phenoxy) is 1. The molecule has 2 fully saturated rings. The molecule has 2 aliphatic rings. The maximum Gasteiger partial charge on any atom is 0.336 e. The molecule has 0 aliphatic carbocycles. The SMILES string of the molecule is COc1ccc2c(CC(=O)N3CCC[C@H]3C(=O)N[C@@H](CCCCN)C(=O)N3CCC[C@H]3C(=O)N[C@@H](CC(C)C)C(=O)N[C@@H](C)C(=O)N[C@@H](CC(C)C)C(=O)N[C@@H](CNc3ccc([N+](=O)[O-])cc3[N+](=O)[O-])C(=O)N[C@@H](C)C(=O)N[C@@H](CCCN=C(N)N)C(N)=O)cc(=O)oc2c1. The van der Waals surface area contributed by atoms with Gasteiger partial charge in [-0.2, -0.15) is 0 Å². The van der Waals surface area contributed by atoms with Gasteiger partial charge in [0.2, 0.25) is 59.1 Å². The summed E-state index contributed by atoms with van der Waals surface area (Å²) in [4.78, 5) is 180. The third kappa shape index (κ3) is 22.3. The number of unbranched alkanes of at least 4 members (excludes halogenated alkanes) is 1. The zero-order valence-electron chi connectivity index (χ0n) is 54.4. The first-order chi connectivity index (χ1) is 44.9. The fourth-order valence-electron chi connectivity index (χ4n) is 11.1. The van der Waals surface area contributed by atoms with Gasteiger partial charge in [-0.1, -0.05) is 27.7 Å². The number of fused-ring (bicyclic) bond motifs is 1. The maximum absolute atomic E-state index is 14.6. The molecule has 520 valence electrons. The molecule has 2 saturated heterocycles. The van der Waals surface area contributed by atoms with Gasteiger partial charge < -0.3 is 84.4 Å². The monoisotopic (exact) mass is 1330 g/mol. The summed E-state index contributed by atoms with van der Waals surface area (Å²) in [6, 6.07) is -2.84. The van der Waals surface area contributed by atoms with Crippen LogP contribution in [0.3, 0.4) is 0 Å². The van der Waals surface area contributed by atoms with Gasteiger partial charge in [-0.15, -0.1) is 0 Å². The van der Waals surface area contributed by atoms with Crippen molar-refractivity contribution < 1.29 is 66.9 Å². The molecule has 16 N–H and O–H groups in total. The van der Waals surface area contributed by atoms with E-state index in [-0.39, 0.29) is 93.6 Å². The number of amides is 10. The lowest BCUT2D eigenvalue weighted by molar-refractivity contribution is -0.393. The number of aliphatic imine (C=N–C) groups is 1. The number of primary amides is 1. The van der Waals surface area contributed by atoms with E-state index in [0.29, 0.717) is 61.4 Å². The predicted molar refractivity (Wildman–Crippen MR) is 346 cm³/mol. The van der Waals surface area contributed by atoms with Crippen LogP contribution in [0.15, 0.2) is 56.7 Å². The van der Waals surface area contributed by atoms with Crippen molar-refractivity contribution >= 4 is 93.1 Å². The zero-order chi connectivity index (χ0) is 70.4. The van der Waals surface area contributed by atoms with Crippen molar-refractivity contribution in [2.45, 2.75) is 173 Å². The highest BCUT2D eigenvalue weighted by Crippen LogP contribution is 2.30. The van der Waals surface area contributed by atoms with Crippen molar-refractivity contribution in [2.75, 3.05) is 45.2 Å². The summed E-state index contributed by atoms with van der Waals surface area (Å²) < 4.78 is 10.6. The quantitative estimate of drug-likeness (QED) is 0.00867. The lowest BCUT2D eigenvalue weighted by Gasteiger charge is -2.31. The molecule has 0 unspecified atom stereocenters. The topological polar surface area (TPSA) is 516 Å². The molecule has 34 heteroatoms. The number of rotatable bonds is 36. The fraction of sp³-hybridized carbons (Fsp3) is 0.574. The molecule has 5 rings (SSSR count). The standard InChI is InChI=1S/C61H89N17O17/c1-32(2)25-43(73-59(88)47-16-12-24-76(47)60(89)42(13-8-9-21-62)71-58(87)46-15-11-23-75(46)50(79)27-36-28-51(80)95-49-30-38(94-7)18-19-39(36)49)55(84)68-35(6)54(83)72-44(26-33(3)4)56(85)74-45(31-67-40-20-17-37(77(90)91)29-48(40)78(92)93)57(86)69-34(5)53(82)70-41(52(63)81)14-10-22-66-61(64)65/h17-20,28-30,32-35,41-47,67H,8-16,21-27,31,62H2,1-7H3,(H2,63,81)(H,68,84)(H,69,86)(H,70,82)(H,71,87)(H,72,83)(H,73,88)(H,74,85)(H4,64,65,66)/t34-,35-,41-,42-,43-,44-,45-,46-,47-/m0/s1. The maximum atomic E-state index is 14.6. The lowest BCUT2D eigenvalue weighted by Crippen LogP contribution is -2.60. The number of hydrogen-bond acceptors (Lipinski definition) is 20. The van der Waals surface area contributed by atoms with E-state index in [9.17, 15) is 73.0 Å². The van der Waals surface area contributed by atoms with Gasteiger partial charge in [-0.25, -0.2) is 4.79 Å². The van der Waals surface area contributed by atoms with Crippen LogP contribution in [0, 0.1) is 32.1 Å². The Hall–Kier alpha value is -10.0. The summed E-state index contributed by atoms with van der Waals surface area (Å²) in [6.07, 6.45) is 2.47. The molecule has 3 heterocycles. The molecule has 2 aliphatic heterocycles. The van der Waals surface area contributed by atoms with Gasteiger partial charge in [0.1, 0.15) is 71.4 Å². The number of nitrogens with one attached hydrogen (secondary N) is 8. The van der Waals surface area contributed by atoms with Gasteiger partial charge in [0.15, 0.2) is 5.96 Å². The average Bonchev–Trinajstić information content (AvgIpc) is 1.82. The summed E-state index contributed by atoms with van der Waals surface area (Å²) in [5.41, 5.74) is 20.3. The van der Waals surface area contributed by atoms with E-state index < -0.39 is 147 Å². The Balaban J connectivity index is 1.28. The molecule has 1 aromatic heterocycles. The van der Waals surface area contributed by atoms with Crippen LogP contribution in [0.2, 0.25) is 0 Å². The number of likely N-dealkylation sites (tertiary alicyclic amines) is 2. The van der Waals surface area contributed by atoms with Crippen LogP contribution in [-0.4, -0.2) is 179 Å². The van der Waals surface area contributed by atoms with Crippen molar-refractivity contribution in [3.63, 3.8) is 0 Å². The van der Waals surface area contributed by atoms with E-state index in [2.05, 4.69) is 47.5 Å². The number of benzene rings is 2. The summed E-state index contributed by atoms with van der Waals surface area (Å²) in [5.74, 6) is -8.02. The number of carbonyl (C=O) groups is 10. The molecule has 0 radical (unpaired) electrons. The zero-order valence-corrected chi connectivity index (χ0v) is 54.4. The number of nitrogens with zero attached hydrogens (tertiary/aromatic N) is 5. The second kappa shape index (κ2) is 35.9. The van der Waals surface area contributed by atoms with Crippen LogP contribution >= 0.6 is 0 Å². The number of non-ortho nitro benzene ring substituents is 1. The van der Waals surface area contributed by atoms with Crippen LogP contribution in [0.4, 0.5) is 17.1 Å². The Morgan fingerprint density at radius 3 is 1.77 bits per heavy atom. The molecule has 95 heavy (non-hydrogen) atoms. The van der Waals surface area contributed by atoms with Crippen molar-refractivity contribution in [3.05, 3.63) is 78.7 Å². The Morgan fingerprint density at radius 2 is 1.20 bits per heavy atom. The molecule has 3 aromatic rings. The number of nitro benzene ring substituents is 2. The molecule has 0 bridgehead atoms. The minimum Gasteiger partial charge on any atom is -0.497 e. The largest absolute Gasteiger partial charge is 0.497 e. The van der Waals surface area contributed by atoms with Gasteiger partial charge in [-0.3, -0.25) is 73.2 Å². The van der Waals surface area contributed by atoms with Crippen LogP contribution in [-0.2, 0) is 54.4 Å². The van der Waals surface area contributed by atoms with E-state index in [0.717, 1.165) is 12.1 Å². The van der Waals surface area contributed by atoms with Crippen molar-refractivity contribution in [1.82, 2.24) is 47.0 Å². The molecule has 10 amide bonds. The Kier molecular flexibility index (Phi) is 28.6. The highest BCUT2D eigenvalue weighted by molar-refractivity contribution is 5.99. The third-order valence-corrected chi connectivity index (χ3v) is 16.0. The van der Waals surface area contributed by atoms with Gasteiger partial charge in [-0.05, 0) is 127 Å². The molecular weight excluding hydrogens is 1240 g/mol. The smallest absolute Gasteiger partial charge is 0.336 e. The second-order valence-corrected chi connectivity index (χ2v) is 24.3. The van der Waals surface area contributed by atoms with Crippen molar-refractivity contribution in [1.29, 1.82) is 0 Å². The van der Waals surface area contributed by atoms with E-state index >= 15 is 0 Å². The number of methoxy groups -OCH3 is 1. The van der Waals surface area contributed by atoms with Gasteiger partial charge in [0.25, 0.3) is 11.4 Å². The molecule has 34 nitrogen and oxygen atoms in total. The third-order valence-electron chi connectivity index (χ3n) is 16.0. The number of carbonyl (C=O) groups excluding carboxylic acids is 10. The first kappa shape index (κ1) is 75.7. The first-order valence-corrected chi connectivity index (χ1v) is 31.5. The van der Waals surface area contributed by atoms with E-state index in [4.69, 9.17) is 32.1 Å². The molecule has 9 atom stereocenters. The van der Waals surface area contributed by atoms with Crippen LogP contribution in [0.1, 0.15) is 118 Å². The van der Waals surface area contributed by atoms with Crippen molar-refractivity contribution in [2.24, 2.45) is 39.8 Å². The van der Waals surface area contributed by atoms with Gasteiger partial charge in [0.05, 0.1) is 29.4 Å². The summed E-state index contributed by atoms with van der Waals surface area (Å²) in [5, 5.41) is 44.9. The van der Waals surface area contributed by atoms with E-state index in [1.807, 2.05) is 0 Å². The molecular formula is C61H89N17O17. The normalized spacial score (nSPS) is 16.6. The highest BCUT2D eigenvalue weighted by Gasteiger charge is 2.42. The number of nitro groups is 2. The summed E-state index contributed by atoms with van der Waals surface area (Å²) in [6.45, 7) is 9.73. The van der Waals surface area contributed by atoms with Gasteiger partial charge in [0, 0.05) is 49.8 Å². The summed E-state index contributed by atoms with van der Waals surface area (Å²) in [7, 11) is 1.46. The van der Waals surface area contributed by atoms with Crippen LogP contribution < -0.4 is 75.8 Å².